The van der Waals surface area contributed by atoms with Crippen molar-refractivity contribution in [2.24, 2.45) is 11.5 Å². The van der Waals surface area contributed by atoms with Crippen molar-refractivity contribution in [3.8, 4) is 0 Å². The van der Waals surface area contributed by atoms with Crippen LogP contribution in [0, 0.1) is 0 Å². The van der Waals surface area contributed by atoms with Gasteiger partial charge in [0.1, 0.15) is 0 Å². The molecule has 0 heterocycles. The summed E-state index contributed by atoms with van der Waals surface area (Å²) in [6, 6.07) is 0.879. The first-order valence-corrected chi connectivity index (χ1v) is 3.30. The average Bonchev–Trinajstić information content (AvgIpc) is 1.77. The molecule has 1 aliphatic carbocycles. The Kier molecular flexibility index (Phi) is 5.17. The van der Waals surface area contributed by atoms with Crippen molar-refractivity contribution >= 4 is 29.6 Å². The zero-order valence-electron chi connectivity index (χ0n) is 5.14. The van der Waals surface area contributed by atoms with Crippen LogP contribution in [0.1, 0.15) is 25.7 Å². The van der Waals surface area contributed by atoms with Crippen molar-refractivity contribution in [2.75, 3.05) is 0 Å². The normalized spacial score (nSPS) is 35.3. The predicted molar refractivity (Wildman–Crippen MR) is 41.6 cm³/mol. The van der Waals surface area contributed by atoms with Crippen LogP contribution in [0.3, 0.4) is 0 Å². The third-order valence-corrected chi connectivity index (χ3v) is 1.82. The average molecular weight is 138 g/mol. The van der Waals surface area contributed by atoms with Gasteiger partial charge in [0.05, 0.1) is 0 Å². The minimum atomic E-state index is 0. The van der Waals surface area contributed by atoms with Crippen molar-refractivity contribution in [2.45, 2.75) is 37.8 Å². The van der Waals surface area contributed by atoms with E-state index in [4.69, 9.17) is 11.5 Å². The Labute approximate surface area is 78.7 Å². The topological polar surface area (TPSA) is 52.0 Å². The maximum absolute atomic E-state index is 5.64. The summed E-state index contributed by atoms with van der Waals surface area (Å²) >= 11 is 0. The van der Waals surface area contributed by atoms with E-state index in [9.17, 15) is 0 Å². The standard InChI is InChI=1S/C6H14N2.Na.H/c7-5-1-2-6(8)4-3-5;;/h5-6H,1-4,7-8H2;;. The molecule has 0 unspecified atom stereocenters. The molecular weight excluding hydrogens is 123 g/mol. The molecule has 9 heavy (non-hydrogen) atoms. The Morgan fingerprint density at radius 3 is 1.22 bits per heavy atom. The van der Waals surface area contributed by atoms with Crippen LogP contribution < -0.4 is 11.5 Å². The van der Waals surface area contributed by atoms with Crippen LogP contribution in [0.2, 0.25) is 0 Å². The van der Waals surface area contributed by atoms with Crippen molar-refractivity contribution in [3.63, 3.8) is 0 Å². The van der Waals surface area contributed by atoms with E-state index in [2.05, 4.69) is 0 Å². The van der Waals surface area contributed by atoms with Crippen LogP contribution in [0.5, 0.6) is 0 Å². The van der Waals surface area contributed by atoms with Crippen LogP contribution in [0.25, 0.3) is 0 Å². The molecule has 2 nitrogen and oxygen atoms in total. The first-order valence-electron chi connectivity index (χ1n) is 3.30. The number of hydrogen-bond donors (Lipinski definition) is 2. The third-order valence-electron chi connectivity index (χ3n) is 1.82. The van der Waals surface area contributed by atoms with Crippen LogP contribution >= 0.6 is 0 Å². The molecular formula is C6H15N2Na. The van der Waals surface area contributed by atoms with Gasteiger partial charge in [-0.3, -0.25) is 0 Å². The molecule has 0 amide bonds. The van der Waals surface area contributed by atoms with Gasteiger partial charge >= 0.3 is 29.6 Å². The fourth-order valence-electron chi connectivity index (χ4n) is 1.14. The molecule has 0 aromatic carbocycles. The van der Waals surface area contributed by atoms with Crippen LogP contribution in [0.4, 0.5) is 0 Å². The van der Waals surface area contributed by atoms with Gasteiger partial charge in [-0.1, -0.05) is 0 Å². The SMILES string of the molecule is NC1CCC(N)CC1.[NaH]. The molecule has 1 aliphatic rings. The molecule has 0 aromatic rings. The van der Waals surface area contributed by atoms with Crippen molar-refractivity contribution in [3.05, 3.63) is 0 Å². The molecule has 1 fully saturated rings. The van der Waals surface area contributed by atoms with Crippen LogP contribution in [-0.2, 0) is 0 Å². The predicted octanol–water partition coefficient (Wildman–Crippen LogP) is -0.434. The maximum atomic E-state index is 5.64. The summed E-state index contributed by atoms with van der Waals surface area (Å²) < 4.78 is 0. The molecule has 1 saturated carbocycles. The fraction of sp³-hybridized carbons (Fsp3) is 1.00. The third kappa shape index (κ3) is 3.58. The van der Waals surface area contributed by atoms with E-state index >= 15 is 0 Å². The first-order chi connectivity index (χ1) is 3.79. The van der Waals surface area contributed by atoms with E-state index in [0.29, 0.717) is 12.1 Å². The molecule has 0 spiro atoms. The van der Waals surface area contributed by atoms with Gasteiger partial charge in [0.2, 0.25) is 0 Å². The molecule has 0 bridgehead atoms. The summed E-state index contributed by atoms with van der Waals surface area (Å²) in [4.78, 5) is 0. The van der Waals surface area contributed by atoms with E-state index in [-0.39, 0.29) is 29.6 Å². The van der Waals surface area contributed by atoms with Gasteiger partial charge in [-0.05, 0) is 25.7 Å². The summed E-state index contributed by atoms with van der Waals surface area (Å²) in [5, 5.41) is 0. The van der Waals surface area contributed by atoms with Gasteiger partial charge in [0, 0.05) is 12.1 Å². The Morgan fingerprint density at radius 2 is 1.00 bits per heavy atom. The van der Waals surface area contributed by atoms with Crippen molar-refractivity contribution in [1.29, 1.82) is 0 Å². The van der Waals surface area contributed by atoms with E-state index in [1.54, 1.807) is 0 Å². The second kappa shape index (κ2) is 4.69. The minimum absolute atomic E-state index is 0. The summed E-state index contributed by atoms with van der Waals surface area (Å²) in [5.74, 6) is 0. The molecule has 4 N–H and O–H groups in total. The van der Waals surface area contributed by atoms with Crippen molar-refractivity contribution in [1.82, 2.24) is 0 Å². The number of nitrogens with two attached hydrogens (primary N) is 2. The Hall–Kier alpha value is 0.920. The molecule has 3 heteroatoms. The molecule has 50 valence electrons. The van der Waals surface area contributed by atoms with Gasteiger partial charge in [-0.15, -0.1) is 0 Å². The van der Waals surface area contributed by atoms with Gasteiger partial charge in [-0.2, -0.15) is 0 Å². The zero-order chi connectivity index (χ0) is 5.98. The van der Waals surface area contributed by atoms with Crippen LogP contribution in [0.15, 0.2) is 0 Å². The Morgan fingerprint density at radius 1 is 0.778 bits per heavy atom. The van der Waals surface area contributed by atoms with E-state index in [0.717, 1.165) is 25.7 Å². The van der Waals surface area contributed by atoms with Gasteiger partial charge in [-0.25, -0.2) is 0 Å². The second-order valence-electron chi connectivity index (χ2n) is 2.67. The zero-order valence-corrected chi connectivity index (χ0v) is 5.14. The summed E-state index contributed by atoms with van der Waals surface area (Å²) in [7, 11) is 0. The molecule has 0 radical (unpaired) electrons. The fourth-order valence-corrected chi connectivity index (χ4v) is 1.14. The molecule has 0 atom stereocenters. The quantitative estimate of drug-likeness (QED) is 0.446. The van der Waals surface area contributed by atoms with E-state index < -0.39 is 0 Å². The number of hydrogen-bond acceptors (Lipinski definition) is 2. The van der Waals surface area contributed by atoms with Gasteiger partial charge in [0.25, 0.3) is 0 Å². The Bertz CT molecular complexity index is 59.5. The van der Waals surface area contributed by atoms with Crippen LogP contribution in [-0.4, -0.2) is 41.6 Å². The summed E-state index contributed by atoms with van der Waals surface area (Å²) in [6.45, 7) is 0. The second-order valence-corrected chi connectivity index (χ2v) is 2.67. The first kappa shape index (κ1) is 9.92. The van der Waals surface area contributed by atoms with Gasteiger partial charge < -0.3 is 11.5 Å². The molecule has 0 aromatic heterocycles. The number of rotatable bonds is 0. The monoisotopic (exact) mass is 138 g/mol. The van der Waals surface area contributed by atoms with Crippen molar-refractivity contribution < 1.29 is 0 Å². The molecule has 0 aliphatic heterocycles. The van der Waals surface area contributed by atoms with E-state index in [1.807, 2.05) is 0 Å². The summed E-state index contributed by atoms with van der Waals surface area (Å²) in [5.41, 5.74) is 11.3. The van der Waals surface area contributed by atoms with E-state index in [1.165, 1.54) is 0 Å². The summed E-state index contributed by atoms with van der Waals surface area (Å²) in [6.07, 6.45) is 4.50. The van der Waals surface area contributed by atoms with Gasteiger partial charge in [0.15, 0.2) is 0 Å². The Balaban J connectivity index is 0.000000640. The molecule has 1 rings (SSSR count). The molecule has 0 saturated heterocycles.